The van der Waals surface area contributed by atoms with E-state index in [-0.39, 0.29) is 5.92 Å². The lowest BCUT2D eigenvalue weighted by Crippen LogP contribution is -2.41. The highest BCUT2D eigenvalue weighted by Gasteiger charge is 2.29. The summed E-state index contributed by atoms with van der Waals surface area (Å²) in [5.41, 5.74) is 0.423. The van der Waals surface area contributed by atoms with Crippen LogP contribution in [0.3, 0.4) is 0 Å². The van der Waals surface area contributed by atoms with E-state index in [9.17, 15) is 18.0 Å². The molecule has 1 aromatic carbocycles. The standard InChI is InChI=1S/C19H16F3N3O2S/c20-14-4-3-13(16(21)17(14)22)19(26)25-6-1-2-11(9-25)8-15-23-18(24-27-15)12-5-7-28-10-12/h3-5,7,10-11H,1-2,6,8-9H2. The van der Waals surface area contributed by atoms with Crippen LogP contribution < -0.4 is 0 Å². The summed E-state index contributed by atoms with van der Waals surface area (Å²) in [6.45, 7) is 0.783. The van der Waals surface area contributed by atoms with Gasteiger partial charge in [0.1, 0.15) is 0 Å². The fourth-order valence-electron chi connectivity index (χ4n) is 3.37. The second-order valence-electron chi connectivity index (χ2n) is 6.71. The van der Waals surface area contributed by atoms with Gasteiger partial charge in [0.15, 0.2) is 17.5 Å². The predicted molar refractivity (Wildman–Crippen MR) is 96.3 cm³/mol. The lowest BCUT2D eigenvalue weighted by atomic mass is 9.94. The first kappa shape index (κ1) is 18.7. The van der Waals surface area contributed by atoms with Gasteiger partial charge >= 0.3 is 0 Å². The molecule has 28 heavy (non-hydrogen) atoms. The second-order valence-corrected chi connectivity index (χ2v) is 7.49. The number of nitrogens with zero attached hydrogens (tertiary/aromatic N) is 3. The zero-order chi connectivity index (χ0) is 19.7. The van der Waals surface area contributed by atoms with Gasteiger partial charge in [0.05, 0.1) is 5.56 Å². The smallest absolute Gasteiger partial charge is 0.256 e. The number of benzene rings is 1. The van der Waals surface area contributed by atoms with Gasteiger partial charge in [-0.05, 0) is 42.3 Å². The molecule has 0 N–H and O–H groups in total. The van der Waals surface area contributed by atoms with Crippen LogP contribution >= 0.6 is 11.3 Å². The quantitative estimate of drug-likeness (QED) is 0.605. The van der Waals surface area contributed by atoms with Crippen LogP contribution in [0.25, 0.3) is 11.4 Å². The zero-order valence-corrected chi connectivity index (χ0v) is 15.5. The average molecular weight is 407 g/mol. The molecule has 1 atom stereocenters. The first-order chi connectivity index (χ1) is 13.5. The van der Waals surface area contributed by atoms with Crippen LogP contribution in [-0.4, -0.2) is 34.0 Å². The monoisotopic (exact) mass is 407 g/mol. The number of hydrogen-bond acceptors (Lipinski definition) is 5. The van der Waals surface area contributed by atoms with Crippen LogP contribution in [0.5, 0.6) is 0 Å². The van der Waals surface area contributed by atoms with Crippen LogP contribution in [0.1, 0.15) is 29.1 Å². The maximum atomic E-state index is 14.0. The van der Waals surface area contributed by atoms with E-state index in [0.717, 1.165) is 24.1 Å². The van der Waals surface area contributed by atoms with Crippen LogP contribution in [0, 0.1) is 23.4 Å². The SMILES string of the molecule is O=C(c1ccc(F)c(F)c1F)N1CCCC(Cc2nc(-c3ccsc3)no2)C1. The minimum absolute atomic E-state index is 0.0573. The third-order valence-corrected chi connectivity index (χ3v) is 5.47. The van der Waals surface area contributed by atoms with Gasteiger partial charge in [0.25, 0.3) is 5.91 Å². The lowest BCUT2D eigenvalue weighted by Gasteiger charge is -2.32. The predicted octanol–water partition coefficient (Wildman–Crippen LogP) is 4.31. The topological polar surface area (TPSA) is 59.2 Å². The van der Waals surface area contributed by atoms with Crippen molar-refractivity contribution >= 4 is 17.2 Å². The number of carbonyl (C=O) groups excluding carboxylic acids is 1. The van der Waals surface area contributed by atoms with Crippen molar-refractivity contribution in [3.05, 3.63) is 57.9 Å². The van der Waals surface area contributed by atoms with E-state index in [4.69, 9.17) is 4.52 Å². The Balaban J connectivity index is 1.45. The maximum absolute atomic E-state index is 14.0. The van der Waals surface area contributed by atoms with Crippen LogP contribution in [0.2, 0.25) is 0 Å². The Labute approximate surface area is 162 Å². The Kier molecular flexibility index (Phi) is 5.17. The molecule has 1 aliphatic rings. The van der Waals surface area contributed by atoms with E-state index in [1.54, 1.807) is 0 Å². The molecule has 0 radical (unpaired) electrons. The molecule has 1 amide bonds. The minimum Gasteiger partial charge on any atom is -0.339 e. The molecular weight excluding hydrogens is 391 g/mol. The molecule has 3 heterocycles. The normalized spacial score (nSPS) is 17.1. The number of piperidine rings is 1. The first-order valence-electron chi connectivity index (χ1n) is 8.81. The highest BCUT2D eigenvalue weighted by Crippen LogP contribution is 2.25. The average Bonchev–Trinajstić information content (AvgIpc) is 3.38. The molecule has 4 rings (SSSR count). The van der Waals surface area contributed by atoms with Crippen LogP contribution in [0.15, 0.2) is 33.5 Å². The summed E-state index contributed by atoms with van der Waals surface area (Å²) in [5.74, 6) is -4.00. The molecule has 146 valence electrons. The molecule has 0 bridgehead atoms. The summed E-state index contributed by atoms with van der Waals surface area (Å²) in [7, 11) is 0. The van der Waals surface area contributed by atoms with Gasteiger partial charge < -0.3 is 9.42 Å². The van der Waals surface area contributed by atoms with Crippen molar-refractivity contribution in [2.75, 3.05) is 13.1 Å². The Morgan fingerprint density at radius 2 is 2.11 bits per heavy atom. The van der Waals surface area contributed by atoms with E-state index in [0.29, 0.717) is 37.6 Å². The van der Waals surface area contributed by atoms with E-state index >= 15 is 0 Å². The van der Waals surface area contributed by atoms with Crippen molar-refractivity contribution in [1.29, 1.82) is 0 Å². The number of likely N-dealkylation sites (tertiary alicyclic amines) is 1. The summed E-state index contributed by atoms with van der Waals surface area (Å²) in [6, 6.07) is 3.64. The molecule has 5 nitrogen and oxygen atoms in total. The summed E-state index contributed by atoms with van der Waals surface area (Å²) in [4.78, 5) is 18.4. The highest BCUT2D eigenvalue weighted by atomic mass is 32.1. The van der Waals surface area contributed by atoms with Crippen molar-refractivity contribution in [1.82, 2.24) is 15.0 Å². The summed E-state index contributed by atoms with van der Waals surface area (Å²) in [5, 5.41) is 7.82. The van der Waals surface area contributed by atoms with Gasteiger partial charge in [-0.1, -0.05) is 5.16 Å². The molecule has 0 spiro atoms. The summed E-state index contributed by atoms with van der Waals surface area (Å²) < 4.78 is 45.8. The highest BCUT2D eigenvalue weighted by molar-refractivity contribution is 7.08. The van der Waals surface area contributed by atoms with Crippen molar-refractivity contribution < 1.29 is 22.5 Å². The molecule has 0 saturated carbocycles. The molecule has 0 aliphatic carbocycles. The minimum atomic E-state index is -1.63. The largest absolute Gasteiger partial charge is 0.339 e. The number of amides is 1. The molecule has 1 fully saturated rings. The van der Waals surface area contributed by atoms with Crippen LogP contribution in [0.4, 0.5) is 13.2 Å². The Hall–Kier alpha value is -2.68. The zero-order valence-electron chi connectivity index (χ0n) is 14.7. The molecule has 1 unspecified atom stereocenters. The third-order valence-electron chi connectivity index (χ3n) is 4.78. The summed E-state index contributed by atoms with van der Waals surface area (Å²) in [6.07, 6.45) is 2.05. The van der Waals surface area contributed by atoms with Crippen molar-refractivity contribution in [3.8, 4) is 11.4 Å². The van der Waals surface area contributed by atoms with E-state index in [2.05, 4.69) is 10.1 Å². The van der Waals surface area contributed by atoms with E-state index < -0.39 is 28.9 Å². The number of halogens is 3. The molecule has 9 heteroatoms. The Morgan fingerprint density at radius 1 is 1.25 bits per heavy atom. The number of rotatable bonds is 4. The number of carbonyl (C=O) groups is 1. The van der Waals surface area contributed by atoms with Gasteiger partial charge in [-0.15, -0.1) is 0 Å². The molecule has 2 aromatic heterocycles. The van der Waals surface area contributed by atoms with Gasteiger partial charge in [-0.2, -0.15) is 16.3 Å². The molecule has 3 aromatic rings. The number of aromatic nitrogens is 2. The van der Waals surface area contributed by atoms with E-state index in [1.165, 1.54) is 16.2 Å². The van der Waals surface area contributed by atoms with E-state index in [1.807, 2.05) is 16.8 Å². The van der Waals surface area contributed by atoms with Gasteiger partial charge in [-0.3, -0.25) is 4.79 Å². The lowest BCUT2D eigenvalue weighted by molar-refractivity contribution is 0.0662. The molecule has 1 saturated heterocycles. The van der Waals surface area contributed by atoms with Crippen molar-refractivity contribution in [2.24, 2.45) is 5.92 Å². The van der Waals surface area contributed by atoms with Crippen molar-refractivity contribution in [3.63, 3.8) is 0 Å². The fraction of sp³-hybridized carbons (Fsp3) is 0.316. The Morgan fingerprint density at radius 3 is 2.89 bits per heavy atom. The van der Waals surface area contributed by atoms with Gasteiger partial charge in [0, 0.05) is 30.5 Å². The molecule has 1 aliphatic heterocycles. The van der Waals surface area contributed by atoms with Crippen molar-refractivity contribution in [2.45, 2.75) is 19.3 Å². The maximum Gasteiger partial charge on any atom is 0.256 e. The Bertz CT molecular complexity index is 990. The summed E-state index contributed by atoms with van der Waals surface area (Å²) >= 11 is 1.54. The number of thiophene rings is 1. The third kappa shape index (κ3) is 3.66. The second kappa shape index (κ2) is 7.75. The molecular formula is C19H16F3N3O2S. The van der Waals surface area contributed by atoms with Crippen LogP contribution in [-0.2, 0) is 6.42 Å². The fourth-order valence-corrected chi connectivity index (χ4v) is 4.01. The first-order valence-corrected chi connectivity index (χ1v) is 9.75. The number of hydrogen-bond donors (Lipinski definition) is 0. The van der Waals surface area contributed by atoms with Gasteiger partial charge in [0.2, 0.25) is 11.7 Å². The van der Waals surface area contributed by atoms with Gasteiger partial charge in [-0.25, -0.2) is 13.2 Å².